The average molecular weight is 544 g/mol. The Labute approximate surface area is 231 Å². The summed E-state index contributed by atoms with van der Waals surface area (Å²) in [5.41, 5.74) is 2.87. The number of carbonyl (C=O) groups excluding carboxylic acids is 2. The first-order valence-corrected chi connectivity index (χ1v) is 13.8. The van der Waals surface area contributed by atoms with Crippen LogP contribution in [0.4, 0.5) is 15.2 Å². The van der Waals surface area contributed by atoms with Gasteiger partial charge in [0.05, 0.1) is 18.3 Å². The number of aromatic nitrogens is 1. The molecule has 1 saturated heterocycles. The van der Waals surface area contributed by atoms with Crippen molar-refractivity contribution >= 4 is 34.0 Å². The summed E-state index contributed by atoms with van der Waals surface area (Å²) in [6, 6.07) is 26.4. The fraction of sp³-hybridized carbons (Fsp3) is 0.233. The smallest absolute Gasteiger partial charge is 0.273 e. The van der Waals surface area contributed by atoms with Crippen molar-refractivity contribution in [2.75, 3.05) is 38.0 Å². The van der Waals surface area contributed by atoms with E-state index in [1.54, 1.807) is 28.5 Å². The van der Waals surface area contributed by atoms with Crippen LogP contribution in [0.1, 0.15) is 27.7 Å². The maximum Gasteiger partial charge on any atom is 0.273 e. The predicted molar refractivity (Wildman–Crippen MR) is 152 cm³/mol. The van der Waals surface area contributed by atoms with Crippen molar-refractivity contribution in [1.82, 2.24) is 20.1 Å². The van der Waals surface area contributed by atoms with Gasteiger partial charge in [0.25, 0.3) is 5.91 Å². The number of piperazine rings is 1. The standard InChI is InChI=1S/C30H30FN5O2S/c31-24-13-7-8-14-25(24)33-30-34-27(21-39-30)29(38)36-17-15-35(16-18-36)20-28(37)32-26(23-11-5-2-6-12-23)19-22-9-3-1-4-10-22/h1-14,21,26H,15-20H2,(H,32,37)(H,33,34). The molecular formula is C30H30FN5O2S. The molecule has 5 rings (SSSR count). The number of hydrogen-bond acceptors (Lipinski definition) is 6. The number of carbonyl (C=O) groups is 2. The van der Waals surface area contributed by atoms with Crippen LogP contribution < -0.4 is 10.6 Å². The molecule has 0 spiro atoms. The summed E-state index contributed by atoms with van der Waals surface area (Å²) in [6.07, 6.45) is 0.709. The molecule has 1 aromatic heterocycles. The number of anilines is 2. The van der Waals surface area contributed by atoms with E-state index in [1.807, 2.05) is 48.5 Å². The molecule has 0 saturated carbocycles. The van der Waals surface area contributed by atoms with E-state index in [0.29, 0.717) is 49.1 Å². The van der Waals surface area contributed by atoms with Crippen LogP contribution in [-0.2, 0) is 11.2 Å². The molecule has 0 radical (unpaired) electrons. The van der Waals surface area contributed by atoms with Gasteiger partial charge in [-0.1, -0.05) is 72.8 Å². The zero-order chi connectivity index (χ0) is 27.0. The van der Waals surface area contributed by atoms with Gasteiger partial charge in [0.15, 0.2) is 5.13 Å². The number of halogens is 1. The summed E-state index contributed by atoms with van der Waals surface area (Å²) in [5.74, 6) is -0.581. The van der Waals surface area contributed by atoms with Gasteiger partial charge in [-0.3, -0.25) is 14.5 Å². The van der Waals surface area contributed by atoms with E-state index in [2.05, 4.69) is 32.7 Å². The van der Waals surface area contributed by atoms with E-state index in [1.165, 1.54) is 17.4 Å². The molecule has 1 aliphatic rings. The molecule has 0 bridgehead atoms. The lowest BCUT2D eigenvalue weighted by molar-refractivity contribution is -0.123. The van der Waals surface area contributed by atoms with Crippen LogP contribution in [0, 0.1) is 5.82 Å². The van der Waals surface area contributed by atoms with Crippen LogP contribution in [0.25, 0.3) is 0 Å². The fourth-order valence-corrected chi connectivity index (χ4v) is 5.31. The van der Waals surface area contributed by atoms with Gasteiger partial charge in [-0.25, -0.2) is 9.37 Å². The van der Waals surface area contributed by atoms with Gasteiger partial charge in [-0.15, -0.1) is 11.3 Å². The number of para-hydroxylation sites is 1. The lowest BCUT2D eigenvalue weighted by Crippen LogP contribution is -2.51. The van der Waals surface area contributed by atoms with E-state index in [4.69, 9.17) is 0 Å². The third-order valence-corrected chi connectivity index (χ3v) is 7.44. The minimum Gasteiger partial charge on any atom is -0.348 e. The summed E-state index contributed by atoms with van der Waals surface area (Å²) in [5, 5.41) is 8.29. The largest absolute Gasteiger partial charge is 0.348 e. The van der Waals surface area contributed by atoms with Crippen LogP contribution in [0.5, 0.6) is 0 Å². The highest BCUT2D eigenvalue weighted by Crippen LogP contribution is 2.24. The minimum absolute atomic E-state index is 0.0390. The molecule has 1 fully saturated rings. The van der Waals surface area contributed by atoms with Crippen LogP contribution in [0.3, 0.4) is 0 Å². The highest BCUT2D eigenvalue weighted by Gasteiger charge is 2.26. The van der Waals surface area contributed by atoms with Gasteiger partial charge in [-0.2, -0.15) is 0 Å². The maximum atomic E-state index is 13.9. The molecule has 9 heteroatoms. The van der Waals surface area contributed by atoms with Crippen molar-refractivity contribution in [3.8, 4) is 0 Å². The maximum absolute atomic E-state index is 13.9. The number of nitrogens with one attached hydrogen (secondary N) is 2. The number of rotatable bonds is 9. The third kappa shape index (κ3) is 7.07. The lowest BCUT2D eigenvalue weighted by atomic mass is 9.99. The van der Waals surface area contributed by atoms with Crippen molar-refractivity contribution in [2.45, 2.75) is 12.5 Å². The monoisotopic (exact) mass is 543 g/mol. The molecule has 39 heavy (non-hydrogen) atoms. The van der Waals surface area contributed by atoms with E-state index in [0.717, 1.165) is 11.1 Å². The molecule has 0 aliphatic carbocycles. The van der Waals surface area contributed by atoms with Crippen molar-refractivity contribution in [3.63, 3.8) is 0 Å². The van der Waals surface area contributed by atoms with Crippen LogP contribution >= 0.6 is 11.3 Å². The molecule has 2 heterocycles. The first-order valence-electron chi connectivity index (χ1n) is 12.9. The van der Waals surface area contributed by atoms with Crippen molar-refractivity contribution < 1.29 is 14.0 Å². The number of hydrogen-bond donors (Lipinski definition) is 2. The van der Waals surface area contributed by atoms with E-state index in [9.17, 15) is 14.0 Å². The number of thiazole rings is 1. The fourth-order valence-electron chi connectivity index (χ4n) is 4.61. The molecule has 2 amide bonds. The van der Waals surface area contributed by atoms with Crippen LogP contribution in [-0.4, -0.2) is 59.3 Å². The number of nitrogens with zero attached hydrogens (tertiary/aromatic N) is 3. The van der Waals surface area contributed by atoms with Gasteiger partial charge in [0, 0.05) is 31.6 Å². The number of amides is 2. The first kappa shape index (κ1) is 26.5. The quantitative estimate of drug-likeness (QED) is 0.315. The molecule has 1 unspecified atom stereocenters. The molecule has 1 aliphatic heterocycles. The highest BCUT2D eigenvalue weighted by molar-refractivity contribution is 7.14. The Morgan fingerprint density at radius 2 is 1.56 bits per heavy atom. The lowest BCUT2D eigenvalue weighted by Gasteiger charge is -2.34. The first-order chi connectivity index (χ1) is 19.0. The second-order valence-corrected chi connectivity index (χ2v) is 10.3. The summed E-state index contributed by atoms with van der Waals surface area (Å²) in [4.78, 5) is 34.2. The second-order valence-electron chi connectivity index (χ2n) is 9.43. The van der Waals surface area contributed by atoms with Gasteiger partial charge in [0.1, 0.15) is 11.5 Å². The predicted octanol–water partition coefficient (Wildman–Crippen LogP) is 4.88. The summed E-state index contributed by atoms with van der Waals surface area (Å²) in [6.45, 7) is 2.47. The summed E-state index contributed by atoms with van der Waals surface area (Å²) < 4.78 is 13.9. The Morgan fingerprint density at radius 1 is 0.897 bits per heavy atom. The van der Waals surface area contributed by atoms with Crippen molar-refractivity contribution in [1.29, 1.82) is 0 Å². The van der Waals surface area contributed by atoms with Gasteiger partial charge in [-0.05, 0) is 29.7 Å². The van der Waals surface area contributed by atoms with Gasteiger partial charge < -0.3 is 15.5 Å². The van der Waals surface area contributed by atoms with Crippen LogP contribution in [0.15, 0.2) is 90.3 Å². The number of benzene rings is 3. The molecule has 7 nitrogen and oxygen atoms in total. The normalized spacial score (nSPS) is 14.5. The summed E-state index contributed by atoms with van der Waals surface area (Å²) >= 11 is 1.26. The molecule has 200 valence electrons. The van der Waals surface area contributed by atoms with Crippen LogP contribution in [0.2, 0.25) is 0 Å². The zero-order valence-corrected chi connectivity index (χ0v) is 22.2. The van der Waals surface area contributed by atoms with E-state index >= 15 is 0 Å². The minimum atomic E-state index is -0.379. The van der Waals surface area contributed by atoms with Crippen molar-refractivity contribution in [2.24, 2.45) is 0 Å². The topological polar surface area (TPSA) is 77.6 Å². The Bertz CT molecular complexity index is 1390. The SMILES string of the molecule is O=C(CN1CCN(C(=O)c2csc(Nc3ccccc3F)n2)CC1)NC(Cc1ccccc1)c1ccccc1. The molecule has 2 N–H and O–H groups in total. The molecular weight excluding hydrogens is 513 g/mol. The highest BCUT2D eigenvalue weighted by atomic mass is 32.1. The average Bonchev–Trinajstić information content (AvgIpc) is 3.43. The Hall–Kier alpha value is -4.08. The molecule has 4 aromatic rings. The molecule has 1 atom stereocenters. The van der Waals surface area contributed by atoms with E-state index in [-0.39, 0.29) is 30.2 Å². The summed E-state index contributed by atoms with van der Waals surface area (Å²) in [7, 11) is 0. The van der Waals surface area contributed by atoms with Crippen molar-refractivity contribution in [3.05, 3.63) is 113 Å². The second kappa shape index (κ2) is 12.6. The Balaban J connectivity index is 1.13. The zero-order valence-electron chi connectivity index (χ0n) is 21.4. The van der Waals surface area contributed by atoms with Gasteiger partial charge in [0.2, 0.25) is 5.91 Å². The van der Waals surface area contributed by atoms with Gasteiger partial charge >= 0.3 is 0 Å². The third-order valence-electron chi connectivity index (χ3n) is 6.69. The van der Waals surface area contributed by atoms with E-state index < -0.39 is 0 Å². The Kier molecular flexibility index (Phi) is 8.60. The Morgan fingerprint density at radius 3 is 2.28 bits per heavy atom. The molecule has 3 aromatic carbocycles.